The van der Waals surface area contributed by atoms with Crippen LogP contribution in [0, 0.1) is 0 Å². The molecule has 0 aromatic heterocycles. The van der Waals surface area contributed by atoms with E-state index in [9.17, 15) is 14.7 Å². The second kappa shape index (κ2) is 5.97. The number of allylic oxidation sites excluding steroid dienone is 1. The molecule has 0 aliphatic carbocycles. The van der Waals surface area contributed by atoms with Crippen LogP contribution in [0.1, 0.15) is 31.8 Å². The van der Waals surface area contributed by atoms with Crippen molar-refractivity contribution >= 4 is 11.8 Å². The quantitative estimate of drug-likeness (QED) is 0.667. The molecule has 0 unspecified atom stereocenters. The van der Waals surface area contributed by atoms with Crippen molar-refractivity contribution in [3.8, 4) is 0 Å². The molecule has 0 saturated heterocycles. The maximum atomic E-state index is 12.5. The Labute approximate surface area is 117 Å². The van der Waals surface area contributed by atoms with Crippen molar-refractivity contribution in [3.63, 3.8) is 0 Å². The largest absolute Gasteiger partial charge is 0.478 e. The van der Waals surface area contributed by atoms with Gasteiger partial charge in [0.25, 0.3) is 0 Å². The molecule has 2 aromatic rings. The Morgan fingerprint density at radius 3 is 2.25 bits per heavy atom. The minimum Gasteiger partial charge on any atom is -0.478 e. The zero-order valence-corrected chi connectivity index (χ0v) is 10.9. The van der Waals surface area contributed by atoms with Crippen molar-refractivity contribution in [2.24, 2.45) is 0 Å². The number of hydrogen-bond donors (Lipinski definition) is 1. The van der Waals surface area contributed by atoms with Crippen molar-refractivity contribution < 1.29 is 14.7 Å². The van der Waals surface area contributed by atoms with Crippen molar-refractivity contribution in [2.45, 2.75) is 6.42 Å². The molecule has 0 aliphatic heterocycles. The Bertz CT molecular complexity index is 657. The standard InChI is InChI=1S/C17H14O3/c1-2-7-13-14(10-6-11-15(13)17(19)20)16(18)12-8-4-3-5-9-12/h2-6,8-11H,1,7H2,(H,19,20). The van der Waals surface area contributed by atoms with Gasteiger partial charge in [0.05, 0.1) is 5.56 Å². The number of carbonyl (C=O) groups is 2. The van der Waals surface area contributed by atoms with Crippen LogP contribution < -0.4 is 0 Å². The molecule has 2 aromatic carbocycles. The Balaban J connectivity index is 2.56. The number of carbonyl (C=O) groups excluding carboxylic acids is 1. The molecule has 100 valence electrons. The molecular formula is C17H14O3. The van der Waals surface area contributed by atoms with Crippen molar-refractivity contribution in [2.75, 3.05) is 0 Å². The summed E-state index contributed by atoms with van der Waals surface area (Å²) in [5.41, 5.74) is 1.60. The van der Waals surface area contributed by atoms with E-state index in [0.717, 1.165) is 0 Å². The maximum Gasteiger partial charge on any atom is 0.335 e. The Hall–Kier alpha value is -2.68. The highest BCUT2D eigenvalue weighted by molar-refractivity contribution is 6.11. The Morgan fingerprint density at radius 1 is 1.00 bits per heavy atom. The molecule has 0 bridgehead atoms. The minimum atomic E-state index is -1.04. The third-order valence-electron chi connectivity index (χ3n) is 3.04. The van der Waals surface area contributed by atoms with Gasteiger partial charge in [0.15, 0.2) is 5.78 Å². The summed E-state index contributed by atoms with van der Waals surface area (Å²) in [6.45, 7) is 3.63. The van der Waals surface area contributed by atoms with Gasteiger partial charge in [-0.05, 0) is 18.1 Å². The van der Waals surface area contributed by atoms with Crippen molar-refractivity contribution in [1.29, 1.82) is 0 Å². The first-order valence-corrected chi connectivity index (χ1v) is 6.21. The highest BCUT2D eigenvalue weighted by Gasteiger charge is 2.18. The van der Waals surface area contributed by atoms with E-state index in [2.05, 4.69) is 6.58 Å². The first kappa shape index (κ1) is 13.7. The van der Waals surface area contributed by atoms with Gasteiger partial charge in [-0.25, -0.2) is 4.79 Å². The summed E-state index contributed by atoms with van der Waals surface area (Å²) in [4.78, 5) is 23.8. The van der Waals surface area contributed by atoms with Crippen LogP contribution in [0.3, 0.4) is 0 Å². The fraction of sp³-hybridized carbons (Fsp3) is 0.0588. The van der Waals surface area contributed by atoms with Crippen LogP contribution in [-0.2, 0) is 6.42 Å². The molecule has 20 heavy (non-hydrogen) atoms. The summed E-state index contributed by atoms with van der Waals surface area (Å²) in [5, 5.41) is 9.22. The van der Waals surface area contributed by atoms with Crippen molar-refractivity contribution in [3.05, 3.63) is 83.4 Å². The summed E-state index contributed by atoms with van der Waals surface area (Å²) in [6.07, 6.45) is 1.94. The van der Waals surface area contributed by atoms with E-state index < -0.39 is 5.97 Å². The third-order valence-corrected chi connectivity index (χ3v) is 3.04. The average molecular weight is 266 g/mol. The molecule has 3 nitrogen and oxygen atoms in total. The van der Waals surface area contributed by atoms with E-state index in [1.165, 1.54) is 6.07 Å². The molecular weight excluding hydrogens is 252 g/mol. The lowest BCUT2D eigenvalue weighted by Gasteiger charge is -2.10. The van der Waals surface area contributed by atoms with Gasteiger partial charge in [0.2, 0.25) is 0 Å². The van der Waals surface area contributed by atoms with Crippen LogP contribution in [0.15, 0.2) is 61.2 Å². The van der Waals surface area contributed by atoms with Gasteiger partial charge in [-0.15, -0.1) is 6.58 Å². The minimum absolute atomic E-state index is 0.145. The number of hydrogen-bond acceptors (Lipinski definition) is 2. The van der Waals surface area contributed by atoms with E-state index in [4.69, 9.17) is 0 Å². The number of rotatable bonds is 5. The normalized spacial score (nSPS) is 10.0. The number of carboxylic acid groups (broad SMARTS) is 1. The van der Waals surface area contributed by atoms with E-state index >= 15 is 0 Å². The van der Waals surface area contributed by atoms with E-state index in [-0.39, 0.29) is 11.3 Å². The molecule has 0 heterocycles. The lowest BCUT2D eigenvalue weighted by atomic mass is 9.93. The molecule has 0 amide bonds. The summed E-state index contributed by atoms with van der Waals surface area (Å²) in [6, 6.07) is 13.6. The van der Waals surface area contributed by atoms with Gasteiger partial charge >= 0.3 is 5.97 Å². The maximum absolute atomic E-state index is 12.5. The summed E-state index contributed by atoms with van der Waals surface area (Å²) in [5.74, 6) is -1.21. The lowest BCUT2D eigenvalue weighted by molar-refractivity contribution is 0.0696. The number of aromatic carboxylic acids is 1. The molecule has 0 aliphatic rings. The Kier molecular flexibility index (Phi) is 4.11. The summed E-state index contributed by atoms with van der Waals surface area (Å²) >= 11 is 0. The second-order valence-electron chi connectivity index (χ2n) is 4.32. The van der Waals surface area contributed by atoms with Crippen LogP contribution in [0.2, 0.25) is 0 Å². The molecule has 0 fully saturated rings. The van der Waals surface area contributed by atoms with Gasteiger partial charge in [-0.3, -0.25) is 4.79 Å². The predicted octanol–water partition coefficient (Wildman–Crippen LogP) is 3.34. The second-order valence-corrected chi connectivity index (χ2v) is 4.32. The summed E-state index contributed by atoms with van der Waals surface area (Å²) in [7, 11) is 0. The highest BCUT2D eigenvalue weighted by Crippen LogP contribution is 2.20. The molecule has 0 spiro atoms. The monoisotopic (exact) mass is 266 g/mol. The first-order valence-electron chi connectivity index (χ1n) is 6.21. The topological polar surface area (TPSA) is 54.4 Å². The third kappa shape index (κ3) is 2.67. The number of ketones is 1. The SMILES string of the molecule is C=CCc1c(C(=O)O)cccc1C(=O)c1ccccc1. The van der Waals surface area contributed by atoms with Crippen LogP contribution in [0.4, 0.5) is 0 Å². The highest BCUT2D eigenvalue weighted by atomic mass is 16.4. The zero-order valence-electron chi connectivity index (χ0n) is 10.9. The molecule has 0 atom stereocenters. The fourth-order valence-corrected chi connectivity index (χ4v) is 2.11. The zero-order chi connectivity index (χ0) is 14.5. The first-order chi connectivity index (χ1) is 9.65. The van der Waals surface area contributed by atoms with Gasteiger partial charge in [-0.1, -0.05) is 48.5 Å². The van der Waals surface area contributed by atoms with Crippen LogP contribution in [-0.4, -0.2) is 16.9 Å². The number of benzene rings is 2. The smallest absolute Gasteiger partial charge is 0.335 e. The lowest BCUT2D eigenvalue weighted by Crippen LogP contribution is -2.10. The van der Waals surface area contributed by atoms with Gasteiger partial charge in [-0.2, -0.15) is 0 Å². The fourth-order valence-electron chi connectivity index (χ4n) is 2.11. The van der Waals surface area contributed by atoms with Crippen molar-refractivity contribution in [1.82, 2.24) is 0 Å². The van der Waals surface area contributed by atoms with E-state index in [1.807, 2.05) is 6.07 Å². The predicted molar refractivity (Wildman–Crippen MR) is 77.2 cm³/mol. The van der Waals surface area contributed by atoms with Gasteiger partial charge < -0.3 is 5.11 Å². The number of carboxylic acids is 1. The molecule has 0 radical (unpaired) electrons. The van der Waals surface area contributed by atoms with Crippen LogP contribution in [0.5, 0.6) is 0 Å². The molecule has 3 heteroatoms. The molecule has 1 N–H and O–H groups in total. The Morgan fingerprint density at radius 2 is 1.65 bits per heavy atom. The summed E-state index contributed by atoms with van der Waals surface area (Å²) < 4.78 is 0. The van der Waals surface area contributed by atoms with Crippen LogP contribution in [0.25, 0.3) is 0 Å². The van der Waals surface area contributed by atoms with Gasteiger partial charge in [0, 0.05) is 11.1 Å². The molecule has 2 rings (SSSR count). The average Bonchev–Trinajstić information content (AvgIpc) is 2.47. The van der Waals surface area contributed by atoms with Crippen LogP contribution >= 0.6 is 0 Å². The van der Waals surface area contributed by atoms with E-state index in [0.29, 0.717) is 23.1 Å². The molecule has 0 saturated carbocycles. The van der Waals surface area contributed by atoms with Gasteiger partial charge in [0.1, 0.15) is 0 Å². The van der Waals surface area contributed by atoms with E-state index in [1.54, 1.807) is 42.5 Å².